The molecule has 62 heavy (non-hydrogen) atoms. The molecule has 0 saturated heterocycles. The third-order valence-corrected chi connectivity index (χ3v) is 14.1. The first-order valence-corrected chi connectivity index (χ1v) is 28.9. The van der Waals surface area contributed by atoms with Gasteiger partial charge in [-0.15, -0.1) is 0 Å². The Morgan fingerprint density at radius 1 is 0.452 bits per heavy atom. The van der Waals surface area contributed by atoms with Gasteiger partial charge in [0, 0.05) is 43.6 Å². The average Bonchev–Trinajstić information content (AvgIpc) is 4.13. The molecule has 2 nitrogen and oxygen atoms in total. The van der Waals surface area contributed by atoms with E-state index in [-0.39, 0.29) is 11.8 Å². The van der Waals surface area contributed by atoms with Crippen LogP contribution in [0.25, 0.3) is 68.2 Å². The Bertz CT molecular complexity index is 2720. The Morgan fingerprint density at radius 2 is 0.774 bits per heavy atom. The van der Waals surface area contributed by atoms with Crippen LogP contribution in [0.2, 0.25) is 12.1 Å². The van der Waals surface area contributed by atoms with Crippen LogP contribution in [-0.4, -0.2) is 9.52 Å². The summed E-state index contributed by atoms with van der Waals surface area (Å²) in [7, 11) is 10.6. The molecule has 2 aliphatic carbocycles. The van der Waals surface area contributed by atoms with Gasteiger partial charge >= 0.3 is 37.9 Å². The van der Waals surface area contributed by atoms with Crippen molar-refractivity contribution in [2.45, 2.75) is 51.6 Å². The van der Waals surface area contributed by atoms with E-state index in [1.165, 1.54) is 77.9 Å². The summed E-state index contributed by atoms with van der Waals surface area (Å²) in [5, 5.41) is 0. The van der Waals surface area contributed by atoms with Crippen molar-refractivity contribution < 1.29 is 29.7 Å². The summed E-state index contributed by atoms with van der Waals surface area (Å²) < 4.78 is 13.5. The van der Waals surface area contributed by atoms with Gasteiger partial charge in [0.25, 0.3) is 0 Å². The second kappa shape index (κ2) is 18.8. The van der Waals surface area contributed by atoms with Crippen LogP contribution in [0.1, 0.15) is 67.9 Å². The number of hydrogen-bond acceptors (Lipinski definition) is 2. The quantitative estimate of drug-likeness (QED) is 0.128. The molecular weight excluding hydrogens is 895 g/mol. The van der Waals surface area contributed by atoms with Crippen molar-refractivity contribution in [3.8, 4) is 44.9 Å². The van der Waals surface area contributed by atoms with Crippen LogP contribution in [0.5, 0.6) is 0 Å². The van der Waals surface area contributed by atoms with Gasteiger partial charge < -0.3 is 8.83 Å². The van der Waals surface area contributed by atoms with Crippen molar-refractivity contribution in [2.24, 2.45) is 0 Å². The van der Waals surface area contributed by atoms with Gasteiger partial charge in [-0.3, -0.25) is 0 Å². The van der Waals surface area contributed by atoms with E-state index in [2.05, 4.69) is 198 Å². The van der Waals surface area contributed by atoms with Gasteiger partial charge in [-0.2, -0.15) is 0 Å². The zero-order valence-corrected chi connectivity index (χ0v) is 40.3. The third-order valence-electron chi connectivity index (χ3n) is 12.7. The number of benzene rings is 6. The van der Waals surface area contributed by atoms with Gasteiger partial charge in [-0.05, 0) is 143 Å². The van der Waals surface area contributed by atoms with E-state index >= 15 is 0 Å². The zero-order chi connectivity index (χ0) is 42.7. The number of fused-ring (bicyclic) bond motifs is 2. The number of furan rings is 2. The molecule has 0 bridgehead atoms. The number of rotatable bonds is 10. The minimum absolute atomic E-state index is 0.209. The summed E-state index contributed by atoms with van der Waals surface area (Å²) in [6, 6.07) is 58.3. The van der Waals surface area contributed by atoms with Crippen LogP contribution in [-0.2, 0) is 20.8 Å². The third kappa shape index (κ3) is 8.31. The van der Waals surface area contributed by atoms with Gasteiger partial charge in [-0.1, -0.05) is 133 Å². The number of allylic oxidation sites excluding steroid dienone is 2. The molecule has 0 saturated carbocycles. The van der Waals surface area contributed by atoms with Crippen molar-refractivity contribution in [1.29, 1.82) is 0 Å². The molecule has 0 N–H and O–H groups in total. The predicted octanol–water partition coefficient (Wildman–Crippen LogP) is 16.7. The average molecular weight is 941 g/mol. The van der Waals surface area contributed by atoms with Crippen LogP contribution < -0.4 is 0 Å². The molecule has 2 aromatic heterocycles. The number of hydrogen-bond donors (Lipinski definition) is 0. The standard InChI is InChI=1S/C56H46O2Si.2ClH.Zr/c1-35-29-43-47(55(37(35)3)41-21-13-7-14-22-41)31-45(53-27-25-51(57-53)39-17-9-5-10-18-39)49(43)33-59-34-50-44-30-36(2)38(4)56(42-23-15-8-16-24-42)48(44)32-46(50)54-28-26-52(58-54)40-19-11-6-12-20-40;;;/h5-32,49-50H,33-34H2,1-4H3;2*1H;/q;;;+2/p-2. The topological polar surface area (TPSA) is 26.3 Å². The van der Waals surface area contributed by atoms with Crippen LogP contribution >= 0.6 is 17.0 Å². The summed E-state index contributed by atoms with van der Waals surface area (Å²) >= 11 is -0.826. The summed E-state index contributed by atoms with van der Waals surface area (Å²) in [5.41, 5.74) is 20.7. The Balaban J connectivity index is 0.00000159. The maximum atomic E-state index is 6.75. The molecule has 0 fully saturated rings. The summed E-state index contributed by atoms with van der Waals surface area (Å²) in [4.78, 5) is 0. The molecule has 2 heterocycles. The molecule has 6 aromatic carbocycles. The zero-order valence-electron chi connectivity index (χ0n) is 35.3. The molecule has 2 aliphatic rings. The molecule has 0 amide bonds. The normalized spacial score (nSPS) is 15.0. The molecule has 2 radical (unpaired) electrons. The fourth-order valence-corrected chi connectivity index (χ4v) is 11.0. The van der Waals surface area contributed by atoms with Crippen LogP contribution in [0, 0.1) is 27.7 Å². The van der Waals surface area contributed by atoms with E-state index in [9.17, 15) is 0 Å². The first kappa shape index (κ1) is 42.3. The van der Waals surface area contributed by atoms with E-state index < -0.39 is 20.8 Å². The van der Waals surface area contributed by atoms with Gasteiger partial charge in [0.2, 0.25) is 0 Å². The van der Waals surface area contributed by atoms with Crippen molar-refractivity contribution >= 4 is 49.8 Å². The van der Waals surface area contributed by atoms with Gasteiger partial charge in [0.15, 0.2) is 0 Å². The van der Waals surface area contributed by atoms with Gasteiger partial charge in [0.05, 0.1) is 0 Å². The van der Waals surface area contributed by atoms with E-state index in [4.69, 9.17) is 25.9 Å². The van der Waals surface area contributed by atoms with E-state index in [1.807, 2.05) is 0 Å². The summed E-state index contributed by atoms with van der Waals surface area (Å²) in [6.45, 7) is 9.09. The molecule has 10 rings (SSSR count). The Morgan fingerprint density at radius 3 is 1.13 bits per heavy atom. The summed E-state index contributed by atoms with van der Waals surface area (Å²) in [5.74, 6) is 4.14. The van der Waals surface area contributed by atoms with Crippen molar-refractivity contribution in [3.05, 3.63) is 214 Å². The molecule has 8 aromatic rings. The first-order chi connectivity index (χ1) is 30.3. The number of aryl methyl sites for hydroxylation is 2. The second-order valence-electron chi connectivity index (χ2n) is 16.2. The molecule has 2 atom stereocenters. The van der Waals surface area contributed by atoms with E-state index in [0.717, 1.165) is 46.3 Å². The molecular formula is C56H46Cl2O2SiZr. The van der Waals surface area contributed by atoms with Gasteiger partial charge in [-0.25, -0.2) is 0 Å². The molecule has 6 heteroatoms. The Hall–Kier alpha value is -4.96. The van der Waals surface area contributed by atoms with Crippen molar-refractivity contribution in [2.75, 3.05) is 0 Å². The monoisotopic (exact) mass is 938 g/mol. The Labute approximate surface area is 386 Å². The first-order valence-electron chi connectivity index (χ1n) is 21.1. The maximum absolute atomic E-state index is 6.75. The molecule has 0 spiro atoms. The fraction of sp³-hybridized carbons (Fsp3) is 0.143. The second-order valence-corrected chi connectivity index (χ2v) is 21.3. The van der Waals surface area contributed by atoms with Crippen LogP contribution in [0.4, 0.5) is 0 Å². The van der Waals surface area contributed by atoms with Crippen LogP contribution in [0.15, 0.2) is 167 Å². The molecule has 2 unspecified atom stereocenters. The van der Waals surface area contributed by atoms with E-state index in [1.54, 1.807) is 0 Å². The van der Waals surface area contributed by atoms with E-state index in [0.29, 0.717) is 9.52 Å². The number of halogens is 2. The van der Waals surface area contributed by atoms with Crippen molar-refractivity contribution in [3.63, 3.8) is 0 Å². The predicted molar refractivity (Wildman–Crippen MR) is 259 cm³/mol. The Kier molecular flexibility index (Phi) is 12.8. The van der Waals surface area contributed by atoms with Crippen LogP contribution in [0.3, 0.4) is 0 Å². The van der Waals surface area contributed by atoms with Crippen molar-refractivity contribution in [1.82, 2.24) is 0 Å². The fourth-order valence-electron chi connectivity index (χ4n) is 9.41. The van der Waals surface area contributed by atoms with Gasteiger partial charge in [0.1, 0.15) is 23.0 Å². The minimum atomic E-state index is -0.826. The molecule has 304 valence electrons. The summed E-state index contributed by atoms with van der Waals surface area (Å²) in [6.07, 6.45) is 4.88. The SMILES string of the molecule is Cc1cc2c(c(-c3ccccc3)c1C)C=C(c1ccc(-c3ccccc3)o1)C2C[Si]CC1C(c2ccc(-c3ccccc3)o2)=Cc2c1cc(C)c(C)c2-c1ccccc1.[Cl][Zr][Cl]. The molecule has 0 aliphatic heterocycles.